The van der Waals surface area contributed by atoms with Gasteiger partial charge in [0.1, 0.15) is 0 Å². The Hall–Kier alpha value is -1.59. The number of aromatic nitrogens is 1. The van der Waals surface area contributed by atoms with E-state index in [0.29, 0.717) is 29.7 Å². The zero-order chi connectivity index (χ0) is 23.4. The number of methoxy groups -OCH3 is 1. The molecular formula is C24H24F3IMnN2O3. The number of rotatable bonds is 3. The minimum absolute atomic E-state index is 0. The molecule has 1 radical (unpaired) electrons. The van der Waals surface area contributed by atoms with Crippen LogP contribution in [-0.4, -0.2) is 59.9 Å². The van der Waals surface area contributed by atoms with Crippen molar-refractivity contribution < 1.29 is 44.5 Å². The van der Waals surface area contributed by atoms with Gasteiger partial charge in [-0.15, -0.1) is 41.3 Å². The van der Waals surface area contributed by atoms with E-state index in [-0.39, 0.29) is 17.1 Å². The number of nitrogens with zero attached hydrogens (tertiary/aromatic N) is 1. The Morgan fingerprint density at radius 1 is 1.29 bits per heavy atom. The van der Waals surface area contributed by atoms with Gasteiger partial charge in [-0.25, -0.2) is 0 Å². The summed E-state index contributed by atoms with van der Waals surface area (Å²) in [6.07, 6.45) is -1.67. The second kappa shape index (κ2) is 11.9. The molecule has 34 heavy (non-hydrogen) atoms. The van der Waals surface area contributed by atoms with Gasteiger partial charge in [0.05, 0.1) is 37.9 Å². The molecule has 2 aromatic carbocycles. The van der Waals surface area contributed by atoms with Crippen LogP contribution in [0, 0.1) is 12.5 Å². The van der Waals surface area contributed by atoms with E-state index in [2.05, 4.69) is 51.0 Å². The van der Waals surface area contributed by atoms with Crippen LogP contribution < -0.4 is 9.47 Å². The molecule has 3 aromatic rings. The predicted octanol–water partition coefficient (Wildman–Crippen LogP) is 5.13. The van der Waals surface area contributed by atoms with Crippen LogP contribution >= 0.6 is 22.6 Å². The molecule has 1 saturated heterocycles. The molecule has 2 aliphatic rings. The van der Waals surface area contributed by atoms with Crippen LogP contribution in [0.15, 0.2) is 42.5 Å². The van der Waals surface area contributed by atoms with E-state index in [4.69, 9.17) is 14.2 Å². The van der Waals surface area contributed by atoms with Crippen LogP contribution in [-0.2, 0) is 28.0 Å². The van der Waals surface area contributed by atoms with Gasteiger partial charge in [-0.05, 0) is 11.6 Å². The van der Waals surface area contributed by atoms with Crippen LogP contribution in [0.5, 0.6) is 11.5 Å². The largest absolute Gasteiger partial charge is 2.00 e. The number of halogens is 4. The maximum atomic E-state index is 12.2. The number of H-pyrrole nitrogens is 1. The minimum Gasteiger partial charge on any atom is -0.549 e. The summed E-state index contributed by atoms with van der Waals surface area (Å²) < 4.78 is 54.4. The van der Waals surface area contributed by atoms with Gasteiger partial charge < -0.3 is 19.2 Å². The topological polar surface area (TPSA) is 46.7 Å². The summed E-state index contributed by atoms with van der Waals surface area (Å²) in [5.41, 5.74) is 0.874. The fourth-order valence-corrected chi connectivity index (χ4v) is 4.37. The summed E-state index contributed by atoms with van der Waals surface area (Å²) in [5, 5.41) is 0.454. The molecule has 0 aliphatic carbocycles. The van der Waals surface area contributed by atoms with Gasteiger partial charge in [0.25, 0.3) is 0 Å². The van der Waals surface area contributed by atoms with E-state index in [9.17, 15) is 13.2 Å². The number of hydrogen-bond acceptors (Lipinski definition) is 4. The maximum Gasteiger partial charge on any atom is 2.00 e. The average molecular weight is 627 g/mol. The van der Waals surface area contributed by atoms with Crippen molar-refractivity contribution >= 4 is 33.5 Å². The first-order chi connectivity index (χ1) is 15.9. The van der Waals surface area contributed by atoms with Crippen LogP contribution in [0.2, 0.25) is 0 Å². The summed E-state index contributed by atoms with van der Waals surface area (Å²) in [5.74, 6) is 1.76. The van der Waals surface area contributed by atoms with Gasteiger partial charge in [0, 0.05) is 29.3 Å². The molecule has 1 aromatic heterocycles. The molecule has 1 fully saturated rings. The molecule has 3 heterocycles. The van der Waals surface area contributed by atoms with Crippen molar-refractivity contribution in [3.05, 3.63) is 66.2 Å². The Morgan fingerprint density at radius 3 is 2.82 bits per heavy atom. The molecular weight excluding hydrogens is 603 g/mol. The van der Waals surface area contributed by atoms with Crippen molar-refractivity contribution in [1.82, 2.24) is 9.88 Å². The third-order valence-corrected chi connectivity index (χ3v) is 6.55. The quantitative estimate of drug-likeness (QED) is 0.190. The number of ether oxygens (including phenoxy) is 3. The second-order valence-corrected chi connectivity index (χ2v) is 8.65. The number of nitrogens with one attached hydrogen (secondary N) is 1. The number of aromatic amines is 1. The van der Waals surface area contributed by atoms with Crippen LogP contribution in [0.3, 0.4) is 0 Å². The van der Waals surface area contributed by atoms with Gasteiger partial charge in [0.2, 0.25) is 0 Å². The van der Waals surface area contributed by atoms with Gasteiger partial charge in [-0.1, -0.05) is 28.7 Å². The summed E-state index contributed by atoms with van der Waals surface area (Å²) in [6.45, 7) is 3.48. The molecule has 5 rings (SSSR count). The van der Waals surface area contributed by atoms with Gasteiger partial charge >= 0.3 is 23.2 Å². The molecule has 2 atom stereocenters. The molecule has 183 valence electrons. The van der Waals surface area contributed by atoms with Crippen LogP contribution in [0.25, 0.3) is 10.9 Å². The monoisotopic (exact) mass is 627 g/mol. The van der Waals surface area contributed by atoms with E-state index in [1.807, 2.05) is 12.1 Å². The van der Waals surface area contributed by atoms with E-state index in [0.717, 1.165) is 47.3 Å². The van der Waals surface area contributed by atoms with Gasteiger partial charge in [-0.2, -0.15) is 25.7 Å². The number of alkyl halides is 4. The smallest absolute Gasteiger partial charge is 0.549 e. The van der Waals surface area contributed by atoms with E-state index in [1.165, 1.54) is 0 Å². The first-order valence-corrected chi connectivity index (χ1v) is 12.0. The first kappa shape index (κ1) is 27.0. The Bertz CT molecular complexity index is 1050. The standard InChI is InChI=1S/C15H19INO3.C9H5F3N.Mn/c1-18-13-3-2-11-6-12(10-20-15(11)7-13)17-4-5-19-14(8-16)9-17;10-9(11,12)8-5-6-3-1-2-4-7(6)13-8;/h2-3,6-7,12,14H,4-5,8-10H2,1H3;1-2,4-5,13H;/q2*-1;+2. The Morgan fingerprint density at radius 2 is 2.12 bits per heavy atom. The fourth-order valence-electron chi connectivity index (χ4n) is 3.84. The third-order valence-electron chi connectivity index (χ3n) is 5.57. The molecule has 2 unspecified atom stereocenters. The molecule has 0 bridgehead atoms. The normalized spacial score (nSPS) is 20.1. The Kier molecular flexibility index (Phi) is 9.45. The van der Waals surface area contributed by atoms with Crippen LogP contribution in [0.1, 0.15) is 11.3 Å². The molecule has 0 amide bonds. The Labute approximate surface area is 220 Å². The summed E-state index contributed by atoms with van der Waals surface area (Å²) in [6, 6.07) is 14.9. The van der Waals surface area contributed by atoms with E-state index in [1.54, 1.807) is 25.3 Å². The zero-order valence-corrected chi connectivity index (χ0v) is 21.7. The van der Waals surface area contributed by atoms with Crippen LogP contribution in [0.4, 0.5) is 13.2 Å². The molecule has 10 heteroatoms. The summed E-state index contributed by atoms with van der Waals surface area (Å²) in [7, 11) is 1.68. The predicted molar refractivity (Wildman–Crippen MR) is 128 cm³/mol. The number of fused-ring (bicyclic) bond motifs is 2. The van der Waals surface area contributed by atoms with Gasteiger partial charge in [0.15, 0.2) is 0 Å². The fraction of sp³-hybridized carbons (Fsp3) is 0.375. The summed E-state index contributed by atoms with van der Waals surface area (Å²) in [4.78, 5) is 4.74. The molecule has 0 spiro atoms. The zero-order valence-electron chi connectivity index (χ0n) is 18.4. The van der Waals surface area contributed by atoms with Crippen molar-refractivity contribution in [2.45, 2.75) is 18.3 Å². The molecule has 2 aliphatic heterocycles. The van der Waals surface area contributed by atoms with Crippen molar-refractivity contribution in [3.63, 3.8) is 0 Å². The first-order valence-electron chi connectivity index (χ1n) is 10.5. The van der Waals surface area contributed by atoms with Gasteiger partial charge in [-0.3, -0.25) is 4.90 Å². The molecule has 5 nitrogen and oxygen atoms in total. The Balaban J connectivity index is 0.000000201. The van der Waals surface area contributed by atoms with Crippen molar-refractivity contribution in [3.8, 4) is 11.5 Å². The third kappa shape index (κ3) is 6.54. The number of benzene rings is 2. The van der Waals surface area contributed by atoms with E-state index < -0.39 is 11.9 Å². The maximum absolute atomic E-state index is 12.2. The van der Waals surface area contributed by atoms with Crippen molar-refractivity contribution in [2.75, 3.05) is 37.8 Å². The minimum atomic E-state index is -4.31. The van der Waals surface area contributed by atoms with Crippen molar-refractivity contribution in [1.29, 1.82) is 0 Å². The molecule has 0 saturated carbocycles. The second-order valence-electron chi connectivity index (χ2n) is 7.77. The SMILES string of the molecule is COc1ccc2c(c1)OCC(N1CCOC(CI)C1)[CH-]2.FC(F)(F)c1cc2[c-]cccc2[nH]1.[Mn+2]. The number of hydrogen-bond donors (Lipinski definition) is 1. The number of morpholine rings is 1. The average Bonchev–Trinajstić information content (AvgIpc) is 3.29. The van der Waals surface area contributed by atoms with E-state index >= 15 is 0 Å². The molecule has 1 N–H and O–H groups in total. The van der Waals surface area contributed by atoms with Crippen molar-refractivity contribution in [2.24, 2.45) is 0 Å². The summed E-state index contributed by atoms with van der Waals surface area (Å²) >= 11 is 2.39.